The van der Waals surface area contributed by atoms with Crippen molar-refractivity contribution in [1.82, 2.24) is 9.80 Å². The zero-order valence-electron chi connectivity index (χ0n) is 9.74. The lowest BCUT2D eigenvalue weighted by molar-refractivity contribution is -0.131. The molecule has 0 radical (unpaired) electrons. The molecule has 0 aromatic rings. The molecule has 3 heteroatoms. The minimum Gasteiger partial charge on any atom is -0.342 e. The third-order valence-electron chi connectivity index (χ3n) is 3.12. The topological polar surface area (TPSA) is 23.6 Å². The Balaban J connectivity index is 1.74. The van der Waals surface area contributed by atoms with Crippen LogP contribution in [0.3, 0.4) is 0 Å². The summed E-state index contributed by atoms with van der Waals surface area (Å²) in [7, 11) is 0. The van der Waals surface area contributed by atoms with Gasteiger partial charge in [-0.25, -0.2) is 0 Å². The minimum absolute atomic E-state index is 0.100. The highest BCUT2D eigenvalue weighted by atomic mass is 16.2. The molecule has 0 atom stereocenters. The molecule has 0 N–H and O–H groups in total. The first-order valence-corrected chi connectivity index (χ1v) is 5.68. The normalized spacial score (nSPS) is 26.6. The Morgan fingerprint density at radius 2 is 1.71 bits per heavy atom. The maximum atomic E-state index is 11.8. The molecule has 0 unspecified atom stereocenters. The van der Waals surface area contributed by atoms with Crippen molar-refractivity contribution in [2.75, 3.05) is 32.7 Å². The van der Waals surface area contributed by atoms with Crippen molar-refractivity contribution >= 4 is 5.91 Å². The summed E-state index contributed by atoms with van der Waals surface area (Å²) in [5, 5.41) is 0. The first-order valence-electron chi connectivity index (χ1n) is 6.26. The van der Waals surface area contributed by atoms with Crippen LogP contribution in [0.15, 0.2) is 0 Å². The number of nitrogens with zero attached hydrogens (tertiary/aromatic N) is 2. The molecule has 0 aromatic heterocycles. The smallest absolute Gasteiger partial charge is 0.236 e. The van der Waals surface area contributed by atoms with E-state index in [4.69, 9.17) is 1.37 Å². The highest BCUT2D eigenvalue weighted by Gasteiger charge is 2.20. The van der Waals surface area contributed by atoms with Crippen LogP contribution in [-0.4, -0.2) is 48.4 Å². The predicted octanol–water partition coefficient (Wildman–Crippen LogP) is 1.09. The number of piperidine rings is 1. The Labute approximate surface area is 87.5 Å². The van der Waals surface area contributed by atoms with E-state index in [0.29, 0.717) is 6.54 Å². The number of carbonyl (C=O) groups excluding carboxylic acids is 1. The van der Waals surface area contributed by atoms with Crippen LogP contribution >= 0.6 is 0 Å². The molecule has 80 valence electrons. The number of likely N-dealkylation sites (tertiary alicyclic amines) is 2. The van der Waals surface area contributed by atoms with Crippen LogP contribution in [0.5, 0.6) is 0 Å². The summed E-state index contributed by atoms with van der Waals surface area (Å²) in [5.41, 5.74) is 0. The van der Waals surface area contributed by atoms with E-state index in [2.05, 4.69) is 4.90 Å². The number of amides is 1. The summed E-state index contributed by atoms with van der Waals surface area (Å²) < 4.78 is 7.59. The molecular formula is C11H20N2O. The fraction of sp³-hybridized carbons (Fsp3) is 0.909. The van der Waals surface area contributed by atoms with Gasteiger partial charge >= 0.3 is 0 Å². The van der Waals surface area contributed by atoms with Gasteiger partial charge in [-0.3, -0.25) is 9.69 Å². The van der Waals surface area contributed by atoms with Gasteiger partial charge in [-0.2, -0.15) is 0 Å². The fourth-order valence-corrected chi connectivity index (χ4v) is 2.22. The first-order chi connectivity index (χ1) is 7.25. The Morgan fingerprint density at radius 1 is 1.07 bits per heavy atom. The summed E-state index contributed by atoms with van der Waals surface area (Å²) in [6, 6.07) is 0. The lowest BCUT2D eigenvalue weighted by Crippen LogP contribution is -2.41. The molecule has 0 aliphatic carbocycles. The SMILES string of the molecule is [2H]C1CCN(CC(=O)N2CCCC2)CC1. The van der Waals surface area contributed by atoms with Crippen LogP contribution in [0.4, 0.5) is 0 Å². The third-order valence-corrected chi connectivity index (χ3v) is 3.12. The van der Waals surface area contributed by atoms with E-state index in [-0.39, 0.29) is 12.3 Å². The Morgan fingerprint density at radius 3 is 2.36 bits per heavy atom. The molecule has 2 aliphatic rings. The molecule has 2 fully saturated rings. The minimum atomic E-state index is 0.100. The molecule has 14 heavy (non-hydrogen) atoms. The summed E-state index contributed by atoms with van der Waals surface area (Å²) >= 11 is 0. The van der Waals surface area contributed by atoms with Gasteiger partial charge in [0.15, 0.2) is 0 Å². The molecule has 2 rings (SSSR count). The molecule has 0 bridgehead atoms. The summed E-state index contributed by atoms with van der Waals surface area (Å²) in [6.45, 7) is 4.33. The van der Waals surface area contributed by atoms with E-state index in [0.717, 1.165) is 39.0 Å². The van der Waals surface area contributed by atoms with E-state index < -0.39 is 0 Å². The molecule has 1 amide bonds. The van der Waals surface area contributed by atoms with Crippen LogP contribution in [0.2, 0.25) is 0 Å². The van der Waals surface area contributed by atoms with E-state index in [1.54, 1.807) is 0 Å². The van der Waals surface area contributed by atoms with Crippen molar-refractivity contribution in [2.45, 2.75) is 32.1 Å². The Hall–Kier alpha value is -0.570. The number of hydrogen-bond acceptors (Lipinski definition) is 2. The highest BCUT2D eigenvalue weighted by Crippen LogP contribution is 2.11. The second-order valence-corrected chi connectivity index (χ2v) is 4.23. The van der Waals surface area contributed by atoms with Crippen molar-refractivity contribution in [3.8, 4) is 0 Å². The second-order valence-electron chi connectivity index (χ2n) is 4.23. The Kier molecular flexibility index (Phi) is 2.98. The van der Waals surface area contributed by atoms with Crippen molar-refractivity contribution in [3.05, 3.63) is 0 Å². The standard InChI is InChI=1S/C11H20N2O/c14-11(13-8-4-5-9-13)10-12-6-2-1-3-7-12/h1-10H2/i1D. The molecular weight excluding hydrogens is 176 g/mol. The van der Waals surface area contributed by atoms with Gasteiger partial charge in [-0.05, 0) is 38.8 Å². The summed E-state index contributed by atoms with van der Waals surface area (Å²) in [5.74, 6) is 0.288. The van der Waals surface area contributed by atoms with Gasteiger partial charge in [0.05, 0.1) is 6.54 Å². The lowest BCUT2D eigenvalue weighted by Gasteiger charge is -2.27. The average molecular weight is 197 g/mol. The maximum absolute atomic E-state index is 11.8. The van der Waals surface area contributed by atoms with Gasteiger partial charge in [0, 0.05) is 14.5 Å². The van der Waals surface area contributed by atoms with Gasteiger partial charge in [-0.15, -0.1) is 0 Å². The number of rotatable bonds is 2. The lowest BCUT2D eigenvalue weighted by atomic mass is 10.1. The largest absolute Gasteiger partial charge is 0.342 e. The van der Waals surface area contributed by atoms with E-state index >= 15 is 0 Å². The highest BCUT2D eigenvalue weighted by molar-refractivity contribution is 5.78. The first kappa shape index (κ1) is 8.72. The Bertz CT molecular complexity index is 221. The molecule has 3 nitrogen and oxygen atoms in total. The predicted molar refractivity (Wildman–Crippen MR) is 56.1 cm³/mol. The molecule has 0 saturated carbocycles. The number of carbonyl (C=O) groups is 1. The molecule has 2 heterocycles. The average Bonchev–Trinajstić information content (AvgIpc) is 2.74. The van der Waals surface area contributed by atoms with Crippen molar-refractivity contribution in [2.24, 2.45) is 0 Å². The zero-order chi connectivity index (χ0) is 10.7. The summed E-state index contributed by atoms with van der Waals surface area (Å²) in [4.78, 5) is 16.0. The second kappa shape index (κ2) is 4.78. The van der Waals surface area contributed by atoms with E-state index in [1.807, 2.05) is 4.90 Å². The molecule has 2 saturated heterocycles. The van der Waals surface area contributed by atoms with Crippen LogP contribution in [0.25, 0.3) is 0 Å². The van der Waals surface area contributed by atoms with Gasteiger partial charge in [-0.1, -0.05) is 6.40 Å². The zero-order valence-corrected chi connectivity index (χ0v) is 8.74. The van der Waals surface area contributed by atoms with E-state index in [9.17, 15) is 4.79 Å². The van der Waals surface area contributed by atoms with Crippen LogP contribution in [-0.2, 0) is 4.79 Å². The quantitative estimate of drug-likeness (QED) is 0.661. The third kappa shape index (κ3) is 2.47. The van der Waals surface area contributed by atoms with Crippen LogP contribution in [0.1, 0.15) is 33.5 Å². The van der Waals surface area contributed by atoms with Gasteiger partial charge in [0.1, 0.15) is 0 Å². The van der Waals surface area contributed by atoms with Crippen molar-refractivity contribution < 1.29 is 6.17 Å². The fourth-order valence-electron chi connectivity index (χ4n) is 2.22. The van der Waals surface area contributed by atoms with Crippen molar-refractivity contribution in [3.63, 3.8) is 0 Å². The number of hydrogen-bond donors (Lipinski definition) is 0. The van der Waals surface area contributed by atoms with Crippen molar-refractivity contribution in [1.29, 1.82) is 0 Å². The molecule has 0 aromatic carbocycles. The molecule has 2 aliphatic heterocycles. The maximum Gasteiger partial charge on any atom is 0.236 e. The monoisotopic (exact) mass is 197 g/mol. The van der Waals surface area contributed by atoms with E-state index in [1.165, 1.54) is 12.8 Å². The van der Waals surface area contributed by atoms with Crippen LogP contribution in [0, 0.1) is 0 Å². The van der Waals surface area contributed by atoms with Gasteiger partial charge < -0.3 is 4.90 Å². The van der Waals surface area contributed by atoms with Gasteiger partial charge in [0.2, 0.25) is 5.91 Å². The molecule has 0 spiro atoms. The van der Waals surface area contributed by atoms with Crippen LogP contribution < -0.4 is 0 Å². The summed E-state index contributed by atoms with van der Waals surface area (Å²) in [6.07, 6.45) is 4.28. The van der Waals surface area contributed by atoms with Gasteiger partial charge in [0.25, 0.3) is 0 Å².